The zero-order valence-corrected chi connectivity index (χ0v) is 9.35. The predicted octanol–water partition coefficient (Wildman–Crippen LogP) is -0.752. The first-order chi connectivity index (χ1) is 8.60. The number of carbonyl (C=O) groups excluding carboxylic acids is 1. The SMILES string of the molecule is CNC(=O)c1ccn(Cn2cnc([N+](=O)[O-])n2)n1. The van der Waals surface area contributed by atoms with Gasteiger partial charge in [0, 0.05) is 18.3 Å². The molecule has 0 fully saturated rings. The molecule has 0 aromatic carbocycles. The average molecular weight is 251 g/mol. The molecule has 10 heteroatoms. The Bertz CT molecular complexity index is 587. The lowest BCUT2D eigenvalue weighted by atomic mass is 10.4. The largest absolute Gasteiger partial charge is 0.491 e. The van der Waals surface area contributed by atoms with Gasteiger partial charge in [0.2, 0.25) is 6.33 Å². The first-order valence-corrected chi connectivity index (χ1v) is 4.89. The predicted molar refractivity (Wildman–Crippen MR) is 57.7 cm³/mol. The molecule has 0 aliphatic carbocycles. The number of hydrogen-bond donors (Lipinski definition) is 1. The summed E-state index contributed by atoms with van der Waals surface area (Å²) in [7, 11) is 1.50. The summed E-state index contributed by atoms with van der Waals surface area (Å²) >= 11 is 0. The van der Waals surface area contributed by atoms with E-state index in [1.165, 1.54) is 28.8 Å². The number of hydrogen-bond acceptors (Lipinski definition) is 6. The van der Waals surface area contributed by atoms with Crippen molar-refractivity contribution in [3.63, 3.8) is 0 Å². The van der Waals surface area contributed by atoms with Crippen molar-refractivity contribution >= 4 is 11.9 Å². The first kappa shape index (κ1) is 11.7. The van der Waals surface area contributed by atoms with Crippen LogP contribution in [-0.4, -0.2) is 42.4 Å². The van der Waals surface area contributed by atoms with Gasteiger partial charge in [-0.25, -0.2) is 4.68 Å². The highest BCUT2D eigenvalue weighted by Crippen LogP contribution is 2.01. The van der Waals surface area contributed by atoms with Gasteiger partial charge in [0.25, 0.3) is 5.91 Å². The molecule has 1 amide bonds. The lowest BCUT2D eigenvalue weighted by Crippen LogP contribution is -2.19. The second kappa shape index (κ2) is 4.61. The molecule has 0 unspecified atom stereocenters. The Morgan fingerprint density at radius 2 is 2.28 bits per heavy atom. The van der Waals surface area contributed by atoms with E-state index >= 15 is 0 Å². The van der Waals surface area contributed by atoms with E-state index in [1.807, 2.05) is 0 Å². The van der Waals surface area contributed by atoms with Crippen LogP contribution in [0.4, 0.5) is 5.95 Å². The Morgan fingerprint density at radius 1 is 1.50 bits per heavy atom. The van der Waals surface area contributed by atoms with E-state index in [0.29, 0.717) is 0 Å². The van der Waals surface area contributed by atoms with Crippen LogP contribution < -0.4 is 5.32 Å². The Kier molecular flexibility index (Phi) is 3.00. The van der Waals surface area contributed by atoms with Crippen molar-refractivity contribution in [3.8, 4) is 0 Å². The van der Waals surface area contributed by atoms with Crippen molar-refractivity contribution < 1.29 is 9.72 Å². The van der Waals surface area contributed by atoms with Gasteiger partial charge >= 0.3 is 5.95 Å². The summed E-state index contributed by atoms with van der Waals surface area (Å²) in [6, 6.07) is 1.53. The van der Waals surface area contributed by atoms with Crippen LogP contribution in [0.2, 0.25) is 0 Å². The quantitative estimate of drug-likeness (QED) is 0.563. The monoisotopic (exact) mass is 251 g/mol. The van der Waals surface area contributed by atoms with Crippen LogP contribution in [-0.2, 0) is 6.67 Å². The lowest BCUT2D eigenvalue weighted by Gasteiger charge is -1.97. The van der Waals surface area contributed by atoms with Crippen molar-refractivity contribution in [2.75, 3.05) is 7.05 Å². The van der Waals surface area contributed by atoms with E-state index in [2.05, 4.69) is 20.5 Å². The number of nitrogens with one attached hydrogen (secondary N) is 1. The molecule has 18 heavy (non-hydrogen) atoms. The smallest absolute Gasteiger partial charge is 0.390 e. The van der Waals surface area contributed by atoms with Crippen LogP contribution in [0.3, 0.4) is 0 Å². The molecule has 2 aromatic rings. The van der Waals surface area contributed by atoms with Crippen molar-refractivity contribution in [3.05, 3.63) is 34.4 Å². The van der Waals surface area contributed by atoms with Crippen LogP contribution >= 0.6 is 0 Å². The molecule has 0 spiro atoms. The Balaban J connectivity index is 2.11. The second-order valence-corrected chi connectivity index (χ2v) is 3.30. The van der Waals surface area contributed by atoms with Gasteiger partial charge in [-0.2, -0.15) is 9.78 Å². The van der Waals surface area contributed by atoms with E-state index < -0.39 is 10.9 Å². The van der Waals surface area contributed by atoms with Crippen LogP contribution in [0.1, 0.15) is 10.5 Å². The van der Waals surface area contributed by atoms with E-state index in [4.69, 9.17) is 0 Å². The molecule has 0 saturated carbocycles. The van der Waals surface area contributed by atoms with Gasteiger partial charge in [0.05, 0.1) is 0 Å². The third-order valence-corrected chi connectivity index (χ3v) is 2.08. The zero-order chi connectivity index (χ0) is 13.1. The zero-order valence-electron chi connectivity index (χ0n) is 9.35. The van der Waals surface area contributed by atoms with E-state index in [9.17, 15) is 14.9 Å². The maximum absolute atomic E-state index is 11.3. The molecule has 0 bridgehead atoms. The second-order valence-electron chi connectivity index (χ2n) is 3.30. The Labute approximate surface area is 100 Å². The summed E-state index contributed by atoms with van der Waals surface area (Å²) in [6.45, 7) is 0.137. The lowest BCUT2D eigenvalue weighted by molar-refractivity contribution is -0.394. The summed E-state index contributed by atoms with van der Waals surface area (Å²) in [6.07, 6.45) is 2.79. The molecular weight excluding hydrogens is 242 g/mol. The number of aromatic nitrogens is 5. The van der Waals surface area contributed by atoms with E-state index in [0.717, 1.165) is 0 Å². The minimum Gasteiger partial charge on any atom is -0.390 e. The maximum atomic E-state index is 11.3. The summed E-state index contributed by atoms with van der Waals surface area (Å²) < 4.78 is 2.67. The third kappa shape index (κ3) is 2.31. The first-order valence-electron chi connectivity index (χ1n) is 4.89. The number of nitro groups is 1. The third-order valence-electron chi connectivity index (χ3n) is 2.08. The van der Waals surface area contributed by atoms with E-state index in [1.54, 1.807) is 6.20 Å². The summed E-state index contributed by atoms with van der Waals surface area (Å²) in [5.41, 5.74) is 0.257. The fourth-order valence-corrected chi connectivity index (χ4v) is 1.27. The summed E-state index contributed by atoms with van der Waals surface area (Å²) in [5, 5.41) is 20.4. The molecule has 2 heterocycles. The van der Waals surface area contributed by atoms with Crippen molar-refractivity contribution in [1.82, 2.24) is 29.9 Å². The van der Waals surface area contributed by atoms with Crippen LogP contribution in [0.25, 0.3) is 0 Å². The van der Waals surface area contributed by atoms with E-state index in [-0.39, 0.29) is 18.3 Å². The molecule has 94 valence electrons. The van der Waals surface area contributed by atoms with Gasteiger partial charge in [-0.05, 0) is 11.0 Å². The topological polar surface area (TPSA) is 121 Å². The fourth-order valence-electron chi connectivity index (χ4n) is 1.27. The summed E-state index contributed by atoms with van der Waals surface area (Å²) in [5.74, 6) is -0.785. The van der Waals surface area contributed by atoms with Gasteiger partial charge in [-0.1, -0.05) is 4.98 Å². The van der Waals surface area contributed by atoms with Gasteiger partial charge in [0.1, 0.15) is 5.69 Å². The molecule has 2 aromatic heterocycles. The Hall–Kier alpha value is -2.78. The van der Waals surface area contributed by atoms with Crippen LogP contribution in [0, 0.1) is 10.1 Å². The number of amides is 1. The van der Waals surface area contributed by atoms with Crippen molar-refractivity contribution in [1.29, 1.82) is 0 Å². The van der Waals surface area contributed by atoms with Crippen molar-refractivity contribution in [2.45, 2.75) is 6.67 Å². The highest BCUT2D eigenvalue weighted by atomic mass is 16.6. The standard InChI is InChI=1S/C8H9N7O3/c1-9-7(16)6-2-3-13(11-6)5-14-4-10-8(12-14)15(17)18/h2-4H,5H2,1H3,(H,9,16). The van der Waals surface area contributed by atoms with Crippen LogP contribution in [0.15, 0.2) is 18.6 Å². The molecular formula is C8H9N7O3. The molecule has 0 saturated heterocycles. The average Bonchev–Trinajstić information content (AvgIpc) is 2.98. The van der Waals surface area contributed by atoms with Crippen molar-refractivity contribution in [2.24, 2.45) is 0 Å². The molecule has 0 atom stereocenters. The van der Waals surface area contributed by atoms with Gasteiger partial charge in [-0.3, -0.25) is 4.79 Å². The molecule has 0 aliphatic rings. The van der Waals surface area contributed by atoms with Crippen LogP contribution in [0.5, 0.6) is 0 Å². The summed E-state index contributed by atoms with van der Waals surface area (Å²) in [4.78, 5) is 24.5. The highest BCUT2D eigenvalue weighted by molar-refractivity contribution is 5.91. The maximum Gasteiger partial charge on any atom is 0.491 e. The molecule has 10 nitrogen and oxygen atoms in total. The molecule has 2 rings (SSSR count). The fraction of sp³-hybridized carbons (Fsp3) is 0.250. The van der Waals surface area contributed by atoms with Gasteiger partial charge in [0.15, 0.2) is 6.67 Å². The number of nitrogens with zero attached hydrogens (tertiary/aromatic N) is 6. The highest BCUT2D eigenvalue weighted by Gasteiger charge is 2.14. The Morgan fingerprint density at radius 3 is 2.89 bits per heavy atom. The normalized spacial score (nSPS) is 10.3. The van der Waals surface area contributed by atoms with Gasteiger partial charge < -0.3 is 15.4 Å². The minimum atomic E-state index is -0.685. The molecule has 0 radical (unpaired) electrons. The number of carbonyl (C=O) groups is 1. The number of rotatable bonds is 4. The molecule has 1 N–H and O–H groups in total. The minimum absolute atomic E-state index is 0.137. The van der Waals surface area contributed by atoms with Gasteiger partial charge in [-0.15, -0.1) is 0 Å². The molecule has 0 aliphatic heterocycles.